The Labute approximate surface area is 123 Å². The predicted molar refractivity (Wildman–Crippen MR) is 75.1 cm³/mol. The summed E-state index contributed by atoms with van der Waals surface area (Å²) < 4.78 is 32.1. The lowest BCUT2D eigenvalue weighted by Gasteiger charge is -2.07. The van der Waals surface area contributed by atoms with E-state index in [0.717, 1.165) is 22.2 Å². The number of carbonyl (C=O) groups is 1. The molecule has 0 saturated heterocycles. The van der Waals surface area contributed by atoms with Crippen LogP contribution < -0.4 is 4.74 Å². The molecule has 0 unspecified atom stereocenters. The molecule has 0 N–H and O–H groups in total. The van der Waals surface area contributed by atoms with E-state index >= 15 is 0 Å². The summed E-state index contributed by atoms with van der Waals surface area (Å²) in [4.78, 5) is 11.8. The fourth-order valence-electron chi connectivity index (χ4n) is 1.61. The van der Waals surface area contributed by atoms with Crippen LogP contribution in [-0.2, 0) is 0 Å². The normalized spacial score (nSPS) is 10.4. The van der Waals surface area contributed by atoms with Gasteiger partial charge in [-0.15, -0.1) is 0 Å². The number of rotatable bonds is 4. The first-order valence-electron chi connectivity index (χ1n) is 5.84. The van der Waals surface area contributed by atoms with Gasteiger partial charge < -0.3 is 4.74 Å². The molecule has 0 aromatic heterocycles. The Morgan fingerprint density at radius 1 is 1.15 bits per heavy atom. The topological polar surface area (TPSA) is 26.3 Å². The van der Waals surface area contributed by atoms with Crippen LogP contribution in [0.25, 0.3) is 0 Å². The van der Waals surface area contributed by atoms with Gasteiger partial charge in [0, 0.05) is 10.0 Å². The second-order valence-corrected chi connectivity index (χ2v) is 5.11. The Morgan fingerprint density at radius 2 is 1.90 bits per heavy atom. The Kier molecular flexibility index (Phi) is 4.49. The molecule has 0 aliphatic carbocycles. The van der Waals surface area contributed by atoms with Crippen molar-refractivity contribution < 1.29 is 18.3 Å². The van der Waals surface area contributed by atoms with Gasteiger partial charge in [-0.05, 0) is 48.9 Å². The molecule has 0 radical (unpaired) electrons. The molecular weight excluding hydrogens is 330 g/mol. The van der Waals surface area contributed by atoms with Crippen molar-refractivity contribution in [2.75, 3.05) is 6.61 Å². The molecule has 104 valence electrons. The van der Waals surface area contributed by atoms with Crippen molar-refractivity contribution in [1.82, 2.24) is 0 Å². The minimum Gasteiger partial charge on any atom is -0.485 e. The summed E-state index contributed by atoms with van der Waals surface area (Å²) in [6, 6.07) is 8.34. The monoisotopic (exact) mass is 340 g/mol. The highest BCUT2D eigenvalue weighted by molar-refractivity contribution is 9.10. The maximum atomic E-state index is 13.0. The quantitative estimate of drug-likeness (QED) is 0.775. The first kappa shape index (κ1) is 14.7. The van der Waals surface area contributed by atoms with Gasteiger partial charge in [0.05, 0.1) is 0 Å². The SMILES string of the molecule is Cc1cc(OCC(=O)c2ccc(F)c(F)c2)ccc1Br. The van der Waals surface area contributed by atoms with Crippen LogP contribution in [0, 0.1) is 18.6 Å². The molecule has 0 heterocycles. The molecule has 0 aliphatic heterocycles. The van der Waals surface area contributed by atoms with E-state index in [1.54, 1.807) is 12.1 Å². The standard InChI is InChI=1S/C15H11BrF2O2/c1-9-6-11(3-4-12(9)16)20-8-15(19)10-2-5-13(17)14(18)7-10/h2-7H,8H2,1H3. The molecule has 0 amide bonds. The van der Waals surface area contributed by atoms with Crippen molar-refractivity contribution in [2.24, 2.45) is 0 Å². The molecule has 0 spiro atoms. The van der Waals surface area contributed by atoms with Crippen LogP contribution in [0.1, 0.15) is 15.9 Å². The lowest BCUT2D eigenvalue weighted by Crippen LogP contribution is -2.12. The number of Topliss-reactive ketones (excluding diaryl/α,β-unsaturated/α-hetero) is 1. The van der Waals surface area contributed by atoms with Gasteiger partial charge in [-0.25, -0.2) is 8.78 Å². The fraction of sp³-hybridized carbons (Fsp3) is 0.133. The molecular formula is C15H11BrF2O2. The minimum absolute atomic E-state index is 0.0812. The van der Waals surface area contributed by atoms with Crippen LogP contribution in [0.5, 0.6) is 5.75 Å². The lowest BCUT2D eigenvalue weighted by molar-refractivity contribution is 0.0921. The Morgan fingerprint density at radius 3 is 2.55 bits per heavy atom. The number of hydrogen-bond donors (Lipinski definition) is 0. The average Bonchev–Trinajstić information content (AvgIpc) is 2.43. The van der Waals surface area contributed by atoms with Crippen LogP contribution in [-0.4, -0.2) is 12.4 Å². The molecule has 0 bridgehead atoms. The number of benzene rings is 2. The van der Waals surface area contributed by atoms with E-state index in [1.165, 1.54) is 6.07 Å². The largest absolute Gasteiger partial charge is 0.485 e. The summed E-state index contributed by atoms with van der Waals surface area (Å²) in [5, 5.41) is 0. The van der Waals surface area contributed by atoms with Crippen molar-refractivity contribution in [3.63, 3.8) is 0 Å². The molecule has 5 heteroatoms. The first-order chi connectivity index (χ1) is 9.47. The molecule has 20 heavy (non-hydrogen) atoms. The van der Waals surface area contributed by atoms with E-state index < -0.39 is 17.4 Å². The molecule has 2 rings (SSSR count). The summed E-state index contributed by atoms with van der Waals surface area (Å²) in [5.74, 6) is -1.90. The second-order valence-electron chi connectivity index (χ2n) is 4.25. The van der Waals surface area contributed by atoms with Gasteiger partial charge in [0.2, 0.25) is 0 Å². The molecule has 0 saturated carbocycles. The Bertz CT molecular complexity index is 656. The third kappa shape index (κ3) is 3.42. The van der Waals surface area contributed by atoms with Gasteiger partial charge in [-0.1, -0.05) is 15.9 Å². The highest BCUT2D eigenvalue weighted by Crippen LogP contribution is 2.21. The zero-order valence-corrected chi connectivity index (χ0v) is 12.2. The van der Waals surface area contributed by atoms with Crippen LogP contribution in [0.2, 0.25) is 0 Å². The second kappa shape index (κ2) is 6.13. The molecule has 2 aromatic rings. The number of ketones is 1. The van der Waals surface area contributed by atoms with Gasteiger partial charge >= 0.3 is 0 Å². The van der Waals surface area contributed by atoms with E-state index in [9.17, 15) is 13.6 Å². The average molecular weight is 341 g/mol. The number of aryl methyl sites for hydroxylation is 1. The van der Waals surface area contributed by atoms with E-state index in [2.05, 4.69) is 15.9 Å². The molecule has 2 aromatic carbocycles. The third-order valence-corrected chi connectivity index (χ3v) is 3.63. The smallest absolute Gasteiger partial charge is 0.200 e. The van der Waals surface area contributed by atoms with Crippen molar-refractivity contribution in [3.05, 3.63) is 63.6 Å². The van der Waals surface area contributed by atoms with E-state index in [0.29, 0.717) is 5.75 Å². The summed E-state index contributed by atoms with van der Waals surface area (Å²) in [6.07, 6.45) is 0. The number of ether oxygens (including phenoxy) is 1. The molecule has 0 fully saturated rings. The van der Waals surface area contributed by atoms with Crippen molar-refractivity contribution >= 4 is 21.7 Å². The number of halogens is 3. The zero-order valence-electron chi connectivity index (χ0n) is 10.6. The molecule has 0 aliphatic rings. The van der Waals surface area contributed by atoms with Crippen LogP contribution in [0.15, 0.2) is 40.9 Å². The van der Waals surface area contributed by atoms with Crippen molar-refractivity contribution in [3.8, 4) is 5.75 Å². The summed E-state index contributed by atoms with van der Waals surface area (Å²) in [7, 11) is 0. The predicted octanol–water partition coefficient (Wildman–Crippen LogP) is 4.30. The fourth-order valence-corrected chi connectivity index (χ4v) is 1.86. The van der Waals surface area contributed by atoms with Gasteiger partial charge in [0.25, 0.3) is 0 Å². The van der Waals surface area contributed by atoms with Crippen LogP contribution in [0.3, 0.4) is 0 Å². The highest BCUT2D eigenvalue weighted by atomic mass is 79.9. The minimum atomic E-state index is -1.05. The maximum absolute atomic E-state index is 13.0. The highest BCUT2D eigenvalue weighted by Gasteiger charge is 2.10. The molecule has 0 atom stereocenters. The maximum Gasteiger partial charge on any atom is 0.200 e. The molecule has 2 nitrogen and oxygen atoms in total. The van der Waals surface area contributed by atoms with Gasteiger partial charge in [0.1, 0.15) is 5.75 Å². The number of hydrogen-bond acceptors (Lipinski definition) is 2. The summed E-state index contributed by atoms with van der Waals surface area (Å²) in [6.45, 7) is 1.67. The van der Waals surface area contributed by atoms with Crippen LogP contribution >= 0.6 is 15.9 Å². The Hall–Kier alpha value is -1.75. The van der Waals surface area contributed by atoms with Crippen molar-refractivity contribution in [1.29, 1.82) is 0 Å². The van der Waals surface area contributed by atoms with E-state index in [4.69, 9.17) is 4.74 Å². The van der Waals surface area contributed by atoms with Gasteiger partial charge in [0.15, 0.2) is 24.0 Å². The third-order valence-electron chi connectivity index (χ3n) is 2.74. The summed E-state index contributed by atoms with van der Waals surface area (Å²) >= 11 is 3.36. The number of carbonyl (C=O) groups excluding carboxylic acids is 1. The van der Waals surface area contributed by atoms with E-state index in [1.807, 2.05) is 13.0 Å². The summed E-state index contributed by atoms with van der Waals surface area (Å²) in [5.41, 5.74) is 1.06. The van der Waals surface area contributed by atoms with Gasteiger partial charge in [-0.3, -0.25) is 4.79 Å². The van der Waals surface area contributed by atoms with E-state index in [-0.39, 0.29) is 12.2 Å². The zero-order chi connectivity index (χ0) is 14.7. The van der Waals surface area contributed by atoms with Crippen LogP contribution in [0.4, 0.5) is 8.78 Å². The Balaban J connectivity index is 2.04. The first-order valence-corrected chi connectivity index (χ1v) is 6.64. The van der Waals surface area contributed by atoms with Crippen molar-refractivity contribution in [2.45, 2.75) is 6.92 Å². The van der Waals surface area contributed by atoms with Gasteiger partial charge in [-0.2, -0.15) is 0 Å². The lowest BCUT2D eigenvalue weighted by atomic mass is 10.1.